The molecule has 4 rings (SSSR count). The number of carbonyl (C=O) groups excluding carboxylic acids is 3. The number of rotatable bonds is 7. The molecule has 0 saturated carbocycles. The van der Waals surface area contributed by atoms with Crippen molar-refractivity contribution in [2.75, 3.05) is 24.6 Å². The maximum absolute atomic E-state index is 15.4. The monoisotopic (exact) mass is 648 g/mol. The highest BCUT2D eigenvalue weighted by Crippen LogP contribution is 2.22. The van der Waals surface area contributed by atoms with E-state index in [1.807, 2.05) is 57.6 Å². The van der Waals surface area contributed by atoms with Crippen molar-refractivity contribution >= 4 is 52.2 Å². The van der Waals surface area contributed by atoms with Gasteiger partial charge in [0.15, 0.2) is 33.5 Å². The molecule has 6 N–H and O–H groups in total. The molecule has 1 aliphatic heterocycles. The van der Waals surface area contributed by atoms with Crippen molar-refractivity contribution in [3.8, 4) is 0 Å². The summed E-state index contributed by atoms with van der Waals surface area (Å²) in [6.07, 6.45) is 0.654. The first kappa shape index (κ1) is 35.3. The van der Waals surface area contributed by atoms with Crippen molar-refractivity contribution in [2.24, 2.45) is 0 Å². The molecule has 0 aliphatic carbocycles. The molecule has 45 heavy (non-hydrogen) atoms. The smallest absolute Gasteiger partial charge is 0.410 e. The normalized spacial score (nSPS) is 13.7. The van der Waals surface area contributed by atoms with Crippen molar-refractivity contribution in [2.45, 2.75) is 92.6 Å². The number of nitrogen functional groups attached to an aromatic ring is 2. The van der Waals surface area contributed by atoms with Gasteiger partial charge in [0.05, 0.1) is 18.7 Å². The zero-order valence-corrected chi connectivity index (χ0v) is 27.7. The molecule has 15 heteroatoms. The molecule has 3 heterocycles. The minimum Gasteiger partial charge on any atom is -0.444 e. The van der Waals surface area contributed by atoms with E-state index in [0.29, 0.717) is 55.9 Å². The maximum Gasteiger partial charge on any atom is 0.410 e. The molecule has 1 fully saturated rings. The number of hydrogen-bond donors (Lipinski definition) is 4. The number of piperidine rings is 1. The second kappa shape index (κ2) is 14.7. The summed E-state index contributed by atoms with van der Waals surface area (Å²) >= 11 is 5.92. The topological polar surface area (TPSA) is 174 Å². The Kier molecular flexibility index (Phi) is 11.5. The van der Waals surface area contributed by atoms with Gasteiger partial charge in [0.2, 0.25) is 0 Å². The average molecular weight is 649 g/mol. The number of fused-ring (bicyclic) bond motifs is 1. The molecule has 0 unspecified atom stereocenters. The van der Waals surface area contributed by atoms with Gasteiger partial charge >= 0.3 is 6.09 Å². The molecule has 0 atom stereocenters. The van der Waals surface area contributed by atoms with Gasteiger partial charge in [-0.15, -0.1) is 0 Å². The molecule has 246 valence electrons. The summed E-state index contributed by atoms with van der Waals surface area (Å²) < 4.78 is 24.6. The Labute approximate surface area is 267 Å². The fourth-order valence-electron chi connectivity index (χ4n) is 5.13. The van der Waals surface area contributed by atoms with E-state index in [1.54, 1.807) is 4.90 Å². The van der Waals surface area contributed by atoms with E-state index in [2.05, 4.69) is 20.6 Å². The number of likely N-dealkylation sites (tertiary alicyclic amines) is 1. The van der Waals surface area contributed by atoms with E-state index in [0.717, 1.165) is 0 Å². The van der Waals surface area contributed by atoms with Gasteiger partial charge in [0.1, 0.15) is 18.0 Å². The number of carbonyl (C=O) groups is 3. The van der Waals surface area contributed by atoms with E-state index >= 15 is 4.39 Å². The molecule has 2 aromatic heterocycles. The van der Waals surface area contributed by atoms with Gasteiger partial charge in [0, 0.05) is 31.3 Å². The van der Waals surface area contributed by atoms with Gasteiger partial charge in [-0.1, -0.05) is 25.4 Å². The van der Waals surface area contributed by atoms with Crippen LogP contribution in [0.4, 0.5) is 20.8 Å². The highest BCUT2D eigenvalue weighted by atomic mass is 35.5. The molecule has 0 bridgehead atoms. The Bertz CT molecular complexity index is 1560. The predicted octanol–water partition coefficient (Wildman–Crippen LogP) is 3.80. The number of nitrogens with two attached hydrogens (primary N) is 2. The average Bonchev–Trinajstić information content (AvgIpc) is 3.28. The number of halogens is 2. The minimum atomic E-state index is -0.665. The summed E-state index contributed by atoms with van der Waals surface area (Å²) in [5.41, 5.74) is 11.8. The lowest BCUT2D eigenvalue weighted by Gasteiger charge is -2.33. The zero-order chi connectivity index (χ0) is 33.6. The van der Waals surface area contributed by atoms with Crippen LogP contribution in [0.5, 0.6) is 0 Å². The lowest BCUT2D eigenvalue weighted by atomic mass is 10.0. The SMILES string of the molecule is CC.CCn1c(CNC(=O)c2nc(Cl)c(N)nc2N)[n+](CC)c2cc(C(=O)NC3CCN(C(=O)OC(C)(C)C)CC3)c(F)cc21. The Morgan fingerprint density at radius 1 is 1.09 bits per heavy atom. The van der Waals surface area contributed by atoms with Gasteiger partial charge in [-0.3, -0.25) is 9.59 Å². The third-order valence-corrected chi connectivity index (χ3v) is 7.43. The number of anilines is 2. The van der Waals surface area contributed by atoms with Crippen LogP contribution in [0, 0.1) is 5.82 Å². The fourth-order valence-corrected chi connectivity index (χ4v) is 5.25. The largest absolute Gasteiger partial charge is 0.444 e. The zero-order valence-electron chi connectivity index (χ0n) is 27.0. The number of imidazole rings is 1. The van der Waals surface area contributed by atoms with E-state index in [4.69, 9.17) is 27.8 Å². The van der Waals surface area contributed by atoms with Crippen LogP contribution < -0.4 is 26.7 Å². The summed E-state index contributed by atoms with van der Waals surface area (Å²) in [5.74, 6) is -1.38. The first-order valence-electron chi connectivity index (χ1n) is 15.1. The third-order valence-electron chi connectivity index (χ3n) is 7.15. The van der Waals surface area contributed by atoms with Crippen LogP contribution in [-0.2, 0) is 24.4 Å². The number of amides is 3. The summed E-state index contributed by atoms with van der Waals surface area (Å²) in [6.45, 7) is 15.1. The quantitative estimate of drug-likeness (QED) is 0.280. The summed E-state index contributed by atoms with van der Waals surface area (Å²) in [5, 5.41) is 5.55. The maximum atomic E-state index is 15.4. The van der Waals surface area contributed by atoms with Gasteiger partial charge in [-0.2, -0.15) is 0 Å². The van der Waals surface area contributed by atoms with E-state index < -0.39 is 23.2 Å². The number of nitrogens with zero attached hydrogens (tertiary/aromatic N) is 5. The van der Waals surface area contributed by atoms with E-state index in [1.165, 1.54) is 12.1 Å². The number of hydrogen-bond acceptors (Lipinski definition) is 8. The molecule has 1 saturated heterocycles. The Morgan fingerprint density at radius 3 is 2.31 bits per heavy atom. The number of aromatic nitrogens is 4. The lowest BCUT2D eigenvalue weighted by Crippen LogP contribution is -2.48. The van der Waals surface area contributed by atoms with Crippen LogP contribution in [-0.4, -0.2) is 62.1 Å². The van der Waals surface area contributed by atoms with Crippen LogP contribution >= 0.6 is 11.6 Å². The fraction of sp³-hybridized carbons (Fsp3) is 0.533. The Morgan fingerprint density at radius 2 is 1.73 bits per heavy atom. The van der Waals surface area contributed by atoms with Crippen molar-refractivity contribution < 1.29 is 28.1 Å². The van der Waals surface area contributed by atoms with Gasteiger partial charge in [-0.05, 0) is 47.5 Å². The minimum absolute atomic E-state index is 0.0533. The third kappa shape index (κ3) is 8.10. The Balaban J connectivity index is 0.00000271. The molecule has 0 spiro atoms. The lowest BCUT2D eigenvalue weighted by molar-refractivity contribution is -0.676. The number of benzene rings is 1. The molecular formula is C30H44ClFN9O4+. The second-order valence-corrected chi connectivity index (χ2v) is 11.6. The Hall–Kier alpha value is -4.20. The van der Waals surface area contributed by atoms with Crippen LogP contribution in [0.3, 0.4) is 0 Å². The molecule has 1 aliphatic rings. The summed E-state index contributed by atoms with van der Waals surface area (Å²) in [7, 11) is 0. The standard InChI is InChI=1S/C28H37ClFN9O4.C2H6/c1-6-38-18-12-16(25(40)34-15-8-10-37(11-9-15)27(42)43-28(3,4)5)17(30)13-19(18)39(7-2)20(38)14-33-26(41)21-23(31)36-24(32)22(29)35-21;1-2/h12-13,15H,6-11,14H2,1-5H3,(H5-,31,32,33,34,36,40,41);1-2H3/p+1. The number of aryl methyl sites for hydroxylation is 2. The van der Waals surface area contributed by atoms with Gasteiger partial charge in [0.25, 0.3) is 17.6 Å². The van der Waals surface area contributed by atoms with E-state index in [9.17, 15) is 14.4 Å². The van der Waals surface area contributed by atoms with Gasteiger partial charge < -0.3 is 31.7 Å². The predicted molar refractivity (Wildman–Crippen MR) is 170 cm³/mol. The van der Waals surface area contributed by atoms with Crippen LogP contribution in [0.25, 0.3) is 11.0 Å². The van der Waals surface area contributed by atoms with Crippen LogP contribution in [0.2, 0.25) is 5.15 Å². The van der Waals surface area contributed by atoms with Crippen molar-refractivity contribution in [3.05, 3.63) is 40.2 Å². The first-order valence-corrected chi connectivity index (χ1v) is 15.5. The molecule has 13 nitrogen and oxygen atoms in total. The number of nitrogens with one attached hydrogen (secondary N) is 2. The van der Waals surface area contributed by atoms with E-state index in [-0.39, 0.29) is 46.7 Å². The van der Waals surface area contributed by atoms with Crippen molar-refractivity contribution in [1.82, 2.24) is 30.1 Å². The molecule has 1 aromatic carbocycles. The second-order valence-electron chi connectivity index (χ2n) is 11.3. The summed E-state index contributed by atoms with van der Waals surface area (Å²) in [6, 6.07) is 2.64. The first-order chi connectivity index (χ1) is 21.2. The van der Waals surface area contributed by atoms with Crippen molar-refractivity contribution in [1.29, 1.82) is 0 Å². The molecular weight excluding hydrogens is 605 g/mol. The number of ether oxygens (including phenoxy) is 1. The molecule has 3 aromatic rings. The van der Waals surface area contributed by atoms with Crippen molar-refractivity contribution in [3.63, 3.8) is 0 Å². The van der Waals surface area contributed by atoms with Crippen LogP contribution in [0.15, 0.2) is 12.1 Å². The highest BCUT2D eigenvalue weighted by molar-refractivity contribution is 6.31. The molecule has 0 radical (unpaired) electrons. The highest BCUT2D eigenvalue weighted by Gasteiger charge is 2.30. The summed E-state index contributed by atoms with van der Waals surface area (Å²) in [4.78, 5) is 47.8. The van der Waals surface area contributed by atoms with Crippen LogP contribution in [0.1, 0.15) is 88.0 Å². The van der Waals surface area contributed by atoms with Gasteiger partial charge in [-0.25, -0.2) is 28.3 Å². The molecule has 3 amide bonds.